The average molecular weight is 664 g/mol. The molecule has 0 N–H and O–H groups in total. The summed E-state index contributed by atoms with van der Waals surface area (Å²) in [6.07, 6.45) is 3.27. The van der Waals surface area contributed by atoms with E-state index in [0.717, 1.165) is 64.6 Å². The normalized spacial score (nSPS) is 18.6. The van der Waals surface area contributed by atoms with E-state index in [9.17, 15) is 9.18 Å². The predicted octanol–water partition coefficient (Wildman–Crippen LogP) is 5.04. The summed E-state index contributed by atoms with van der Waals surface area (Å²) in [5.74, 6) is 0.698. The molecule has 0 bridgehead atoms. The molecule has 1 unspecified atom stereocenters. The molecule has 1 aromatic heterocycles. The van der Waals surface area contributed by atoms with Crippen molar-refractivity contribution in [3.63, 3.8) is 0 Å². The Labute approximate surface area is 281 Å². The highest BCUT2D eigenvalue weighted by atomic mass is 35.5. The number of alkyl halides is 1. The van der Waals surface area contributed by atoms with Crippen LogP contribution in [-0.2, 0) is 22.5 Å². The molecule has 1 atom stereocenters. The number of benzene rings is 2. The van der Waals surface area contributed by atoms with E-state index in [0.29, 0.717) is 58.0 Å². The minimum absolute atomic E-state index is 0.0597. The van der Waals surface area contributed by atoms with Crippen molar-refractivity contribution >= 4 is 39.8 Å². The summed E-state index contributed by atoms with van der Waals surface area (Å²) >= 11 is 6.70. The molecule has 3 aliphatic rings. The monoisotopic (exact) mass is 663 g/mol. The van der Waals surface area contributed by atoms with E-state index in [1.807, 2.05) is 12.1 Å². The Morgan fingerprint density at radius 1 is 1.13 bits per heavy atom. The summed E-state index contributed by atoms with van der Waals surface area (Å²) in [6.45, 7) is 11.6. The maximum atomic E-state index is 12.6. The zero-order valence-electron chi connectivity index (χ0n) is 27.4. The molecule has 1 amide bonds. The number of amides is 1. The van der Waals surface area contributed by atoms with Gasteiger partial charge in [-0.15, -0.1) is 0 Å². The van der Waals surface area contributed by atoms with Crippen LogP contribution in [-0.4, -0.2) is 104 Å². The lowest BCUT2D eigenvalue weighted by Gasteiger charge is -2.38. The smallest absolute Gasteiger partial charge is 0.318 e. The number of carbonyl (C=O) groups is 1. The van der Waals surface area contributed by atoms with E-state index >= 15 is 0 Å². The van der Waals surface area contributed by atoms with Crippen molar-refractivity contribution in [1.82, 2.24) is 19.8 Å². The van der Waals surface area contributed by atoms with Gasteiger partial charge in [-0.2, -0.15) is 15.2 Å². The predicted molar refractivity (Wildman–Crippen MR) is 183 cm³/mol. The summed E-state index contributed by atoms with van der Waals surface area (Å²) in [7, 11) is 0. The van der Waals surface area contributed by atoms with Crippen molar-refractivity contribution in [3.8, 4) is 12.1 Å². The number of piperazine rings is 1. The zero-order chi connectivity index (χ0) is 33.3. The molecule has 2 fully saturated rings. The second-order valence-corrected chi connectivity index (χ2v) is 12.4. The van der Waals surface area contributed by atoms with Crippen LogP contribution >= 0.6 is 11.6 Å². The van der Waals surface area contributed by atoms with Gasteiger partial charge in [0.25, 0.3) is 0 Å². The lowest BCUT2D eigenvalue weighted by atomic mass is 10.0. The molecule has 2 saturated heterocycles. The number of halogens is 2. The van der Waals surface area contributed by atoms with Gasteiger partial charge in [-0.05, 0) is 43.9 Å². The van der Waals surface area contributed by atoms with Crippen molar-refractivity contribution in [3.05, 3.63) is 64.8 Å². The van der Waals surface area contributed by atoms with Crippen molar-refractivity contribution in [2.75, 3.05) is 75.5 Å². The summed E-state index contributed by atoms with van der Waals surface area (Å²) in [5.41, 5.74) is 3.12. The lowest BCUT2D eigenvalue weighted by Crippen LogP contribution is -2.49. The molecule has 250 valence electrons. The number of rotatable bonds is 8. The molecule has 2 aromatic carbocycles. The molecule has 47 heavy (non-hydrogen) atoms. The lowest BCUT2D eigenvalue weighted by molar-refractivity contribution is -0.126. The molecule has 0 saturated carbocycles. The number of ether oxygens (including phenoxy) is 2. The van der Waals surface area contributed by atoms with Crippen LogP contribution in [0.5, 0.6) is 6.01 Å². The molecule has 0 aliphatic carbocycles. The van der Waals surface area contributed by atoms with E-state index in [4.69, 9.17) is 36.3 Å². The molecular weight excluding hydrogens is 621 g/mol. The van der Waals surface area contributed by atoms with Gasteiger partial charge in [0.2, 0.25) is 5.91 Å². The Hall–Kier alpha value is -3.98. The molecule has 12 heteroatoms. The zero-order valence-corrected chi connectivity index (χ0v) is 28.1. The van der Waals surface area contributed by atoms with Crippen molar-refractivity contribution in [1.29, 1.82) is 5.26 Å². The van der Waals surface area contributed by atoms with Crippen molar-refractivity contribution < 1.29 is 18.7 Å². The van der Waals surface area contributed by atoms with Gasteiger partial charge >= 0.3 is 6.01 Å². The molecule has 0 spiro atoms. The highest BCUT2D eigenvalue weighted by Gasteiger charge is 2.30. The fourth-order valence-electron chi connectivity index (χ4n) is 6.33. The largest absolute Gasteiger partial charge is 0.461 e. The first-order valence-electron chi connectivity index (χ1n) is 16.2. The number of hydrogen-bond acceptors (Lipinski definition) is 9. The molecule has 4 heterocycles. The van der Waals surface area contributed by atoms with Crippen molar-refractivity contribution in [2.45, 2.75) is 45.9 Å². The van der Waals surface area contributed by atoms with Gasteiger partial charge in [-0.25, -0.2) is 4.39 Å². The number of aromatic nitrogens is 2. The second kappa shape index (κ2) is 16.2. The topological polar surface area (TPSA) is 98.1 Å². The van der Waals surface area contributed by atoms with E-state index in [1.54, 1.807) is 11.0 Å². The second-order valence-electron chi connectivity index (χ2n) is 12.0. The van der Waals surface area contributed by atoms with Crippen LogP contribution in [0, 0.1) is 11.3 Å². The number of morpholine rings is 1. The van der Waals surface area contributed by atoms with Crippen LogP contribution < -0.4 is 14.5 Å². The molecule has 10 nitrogen and oxygen atoms in total. The molecule has 6 rings (SSSR count). The first kappa shape index (κ1) is 34.4. The third kappa shape index (κ3) is 8.30. The SMILES string of the molecule is CC#N.CC(C)N1CCOC(COc2nc3c(c(N4CCN(C(=O)/C=C/CF)CC4)n2)CCN(c2cccc4cccc(Cl)c24)C3)C1. The maximum absolute atomic E-state index is 12.6. The van der Waals surface area contributed by atoms with Crippen LogP contribution in [0.3, 0.4) is 0 Å². The number of fused-ring (bicyclic) bond motifs is 2. The Kier molecular flexibility index (Phi) is 11.9. The van der Waals surface area contributed by atoms with Gasteiger partial charge in [-0.3, -0.25) is 9.69 Å². The first-order valence-corrected chi connectivity index (χ1v) is 16.6. The summed E-state index contributed by atoms with van der Waals surface area (Å²) in [6, 6.07) is 14.8. The number of nitriles is 1. The van der Waals surface area contributed by atoms with Crippen LogP contribution in [0.2, 0.25) is 5.02 Å². The minimum atomic E-state index is -0.648. The maximum Gasteiger partial charge on any atom is 0.318 e. The molecule has 0 radical (unpaired) electrons. The fourth-order valence-corrected chi connectivity index (χ4v) is 6.61. The van der Waals surface area contributed by atoms with Gasteiger partial charge in [0, 0.05) is 81.5 Å². The summed E-state index contributed by atoms with van der Waals surface area (Å²) in [4.78, 5) is 31.0. The standard InChI is InChI=1S/C33H40ClFN6O3.C2H3N/c1-23(2)40-18-19-43-25(20-40)22-44-33-36-28-21-41(29-9-4-7-24-6-3-8-27(34)31(24)29)13-11-26(28)32(37-33)39-16-14-38(15-17-39)30(42)10-5-12-35;1-2-3/h3-10,23,25H,11-22H2,1-2H3;1H3/b10-5+;. The van der Waals surface area contributed by atoms with Gasteiger partial charge in [0.05, 0.1) is 29.9 Å². The number of hydrogen-bond donors (Lipinski definition) is 0. The van der Waals surface area contributed by atoms with Crippen molar-refractivity contribution in [2.24, 2.45) is 0 Å². The first-order chi connectivity index (χ1) is 22.8. The highest BCUT2D eigenvalue weighted by Crippen LogP contribution is 2.37. The van der Waals surface area contributed by atoms with Gasteiger partial charge < -0.3 is 24.2 Å². The molecule has 3 aromatic rings. The Balaban J connectivity index is 0.00000139. The molecule has 3 aliphatic heterocycles. The van der Waals surface area contributed by atoms with Crippen LogP contribution in [0.1, 0.15) is 32.0 Å². The molecular formula is C35H43ClFN7O3. The summed E-state index contributed by atoms with van der Waals surface area (Å²) < 4.78 is 24.8. The number of nitrogens with zero attached hydrogens (tertiary/aromatic N) is 7. The third-order valence-electron chi connectivity index (χ3n) is 8.73. The Bertz CT molecular complexity index is 1600. The minimum Gasteiger partial charge on any atom is -0.461 e. The number of carbonyl (C=O) groups excluding carboxylic acids is 1. The van der Waals surface area contributed by atoms with Gasteiger partial charge in [0.15, 0.2) is 0 Å². The number of anilines is 2. The van der Waals surface area contributed by atoms with E-state index < -0.39 is 6.67 Å². The van der Waals surface area contributed by atoms with Gasteiger partial charge in [-0.1, -0.05) is 35.9 Å². The Morgan fingerprint density at radius 2 is 1.87 bits per heavy atom. The third-order valence-corrected chi connectivity index (χ3v) is 9.05. The van der Waals surface area contributed by atoms with E-state index in [-0.39, 0.29) is 12.0 Å². The van der Waals surface area contributed by atoms with Gasteiger partial charge in [0.1, 0.15) is 25.2 Å². The quantitative estimate of drug-likeness (QED) is 0.307. The summed E-state index contributed by atoms with van der Waals surface area (Å²) in [5, 5.41) is 10.2. The highest BCUT2D eigenvalue weighted by molar-refractivity contribution is 6.36. The van der Waals surface area contributed by atoms with E-state index in [2.05, 4.69) is 52.8 Å². The fraction of sp³-hybridized carbons (Fsp3) is 0.486. The van der Waals surface area contributed by atoms with E-state index in [1.165, 1.54) is 19.1 Å². The van der Waals surface area contributed by atoms with Crippen LogP contribution in [0.15, 0.2) is 48.6 Å². The average Bonchev–Trinajstić information content (AvgIpc) is 3.09. The number of allylic oxidation sites excluding steroid dienone is 1. The van der Waals surface area contributed by atoms with Crippen LogP contribution in [0.25, 0.3) is 10.8 Å². The Morgan fingerprint density at radius 3 is 2.60 bits per heavy atom. The van der Waals surface area contributed by atoms with Crippen LogP contribution in [0.4, 0.5) is 15.9 Å².